The van der Waals surface area contributed by atoms with Crippen molar-refractivity contribution in [2.45, 2.75) is 19.4 Å². The van der Waals surface area contributed by atoms with E-state index in [2.05, 4.69) is 44.4 Å². The van der Waals surface area contributed by atoms with E-state index in [9.17, 15) is 4.79 Å². The summed E-state index contributed by atoms with van der Waals surface area (Å²) in [4.78, 5) is 29.2. The minimum absolute atomic E-state index is 0.00542. The third-order valence-corrected chi connectivity index (χ3v) is 8.25. The number of piperazine rings is 1. The highest BCUT2D eigenvalue weighted by molar-refractivity contribution is 6.30. The summed E-state index contributed by atoms with van der Waals surface area (Å²) in [6.07, 6.45) is 7.06. The number of nitrogens with one attached hydrogen (secondary N) is 1. The fourth-order valence-electron chi connectivity index (χ4n) is 5.68. The van der Waals surface area contributed by atoms with E-state index in [4.69, 9.17) is 21.3 Å². The van der Waals surface area contributed by atoms with Crippen LogP contribution < -0.4 is 15.0 Å². The van der Waals surface area contributed by atoms with Gasteiger partial charge in [-0.05, 0) is 49.2 Å². The Morgan fingerprint density at radius 2 is 1.75 bits per heavy atom. The molecule has 8 nitrogen and oxygen atoms in total. The molecule has 3 aromatic carbocycles. The van der Waals surface area contributed by atoms with Crippen LogP contribution in [0.1, 0.15) is 29.4 Å². The molecule has 4 aromatic rings. The van der Waals surface area contributed by atoms with Crippen molar-refractivity contribution in [2.75, 3.05) is 56.0 Å². The average Bonchev–Trinajstić information content (AvgIpc) is 3.03. The molecule has 0 spiro atoms. The van der Waals surface area contributed by atoms with Crippen molar-refractivity contribution < 1.29 is 9.53 Å². The predicted octanol–water partition coefficient (Wildman–Crippen LogP) is 6.45. The number of fused-ring (bicyclic) bond motifs is 1. The zero-order chi connectivity index (χ0) is 30.3. The second kappa shape index (κ2) is 13.9. The van der Waals surface area contributed by atoms with Crippen molar-refractivity contribution in [3.63, 3.8) is 0 Å². The van der Waals surface area contributed by atoms with Crippen molar-refractivity contribution in [1.29, 1.82) is 0 Å². The van der Waals surface area contributed by atoms with Gasteiger partial charge in [0.1, 0.15) is 23.1 Å². The fourth-order valence-corrected chi connectivity index (χ4v) is 5.86. The second-order valence-corrected chi connectivity index (χ2v) is 11.6. The molecule has 6 rings (SSSR count). The molecule has 1 N–H and O–H groups in total. The van der Waals surface area contributed by atoms with Crippen LogP contribution in [-0.4, -0.2) is 71.5 Å². The molecule has 1 aromatic heterocycles. The van der Waals surface area contributed by atoms with Crippen molar-refractivity contribution >= 4 is 35.1 Å². The lowest BCUT2D eigenvalue weighted by molar-refractivity contribution is -0.131. The van der Waals surface area contributed by atoms with E-state index in [0.29, 0.717) is 28.9 Å². The average molecular weight is 609 g/mol. The molecule has 226 valence electrons. The minimum atomic E-state index is 0.00542. The van der Waals surface area contributed by atoms with Crippen LogP contribution >= 0.6 is 11.6 Å². The van der Waals surface area contributed by atoms with Gasteiger partial charge in [-0.1, -0.05) is 66.2 Å². The lowest BCUT2D eigenvalue weighted by Gasteiger charge is -2.38. The summed E-state index contributed by atoms with van der Waals surface area (Å²) in [5.74, 6) is 3.06. The summed E-state index contributed by atoms with van der Waals surface area (Å²) in [5.41, 5.74) is 3.13. The van der Waals surface area contributed by atoms with Crippen LogP contribution in [0, 0.1) is 6.92 Å². The number of hydrogen-bond acceptors (Lipinski definition) is 7. The lowest BCUT2D eigenvalue weighted by Crippen LogP contribution is -2.51. The van der Waals surface area contributed by atoms with Gasteiger partial charge in [-0.15, -0.1) is 0 Å². The maximum absolute atomic E-state index is 13.4. The summed E-state index contributed by atoms with van der Waals surface area (Å²) < 4.78 is 6.03. The maximum Gasteiger partial charge on any atom is 0.242 e. The number of halogens is 1. The molecule has 0 bridgehead atoms. The smallest absolute Gasteiger partial charge is 0.242 e. The molecule has 9 heteroatoms. The Morgan fingerprint density at radius 3 is 2.55 bits per heavy atom. The number of amides is 1. The Kier molecular flexibility index (Phi) is 9.39. The van der Waals surface area contributed by atoms with Crippen LogP contribution in [0.3, 0.4) is 0 Å². The molecule has 1 atom stereocenters. The van der Waals surface area contributed by atoms with E-state index < -0.39 is 0 Å². The fraction of sp³-hybridized carbons (Fsp3) is 0.286. The van der Waals surface area contributed by atoms with E-state index in [1.54, 1.807) is 6.07 Å². The molecule has 1 saturated heterocycles. The third-order valence-electron chi connectivity index (χ3n) is 8.01. The molecule has 0 saturated carbocycles. The number of aromatic nitrogens is 2. The summed E-state index contributed by atoms with van der Waals surface area (Å²) >= 11 is 6.12. The van der Waals surface area contributed by atoms with E-state index in [0.717, 1.165) is 62.8 Å². The molecular weight excluding hydrogens is 572 g/mol. The molecule has 3 heterocycles. The Balaban J connectivity index is 1.06. The van der Waals surface area contributed by atoms with Crippen LogP contribution in [0.2, 0.25) is 5.02 Å². The monoisotopic (exact) mass is 608 g/mol. The number of benzene rings is 3. The van der Waals surface area contributed by atoms with E-state index >= 15 is 0 Å². The Bertz CT molecular complexity index is 1610. The van der Waals surface area contributed by atoms with Gasteiger partial charge in [-0.25, -0.2) is 9.97 Å². The highest BCUT2D eigenvalue weighted by Gasteiger charge is 2.30. The van der Waals surface area contributed by atoms with Gasteiger partial charge in [0.15, 0.2) is 0 Å². The normalized spacial score (nSPS) is 17.0. The minimum Gasteiger partial charge on any atom is -0.457 e. The summed E-state index contributed by atoms with van der Waals surface area (Å²) in [6, 6.07) is 25.6. The van der Waals surface area contributed by atoms with Gasteiger partial charge in [0, 0.05) is 67.8 Å². The van der Waals surface area contributed by atoms with E-state index in [1.807, 2.05) is 78.7 Å². The van der Waals surface area contributed by atoms with Crippen molar-refractivity contribution in [2.24, 2.45) is 0 Å². The first-order valence-corrected chi connectivity index (χ1v) is 15.5. The number of aryl methyl sites for hydroxylation is 1. The van der Waals surface area contributed by atoms with Crippen LogP contribution in [-0.2, 0) is 4.79 Å². The first-order chi connectivity index (χ1) is 21.5. The predicted molar refractivity (Wildman–Crippen MR) is 176 cm³/mol. The van der Waals surface area contributed by atoms with Crippen LogP contribution in [0.25, 0.3) is 6.08 Å². The Hall–Kier alpha value is -4.40. The zero-order valence-corrected chi connectivity index (χ0v) is 25.7. The molecule has 1 fully saturated rings. The third kappa shape index (κ3) is 7.56. The quantitative estimate of drug-likeness (QED) is 0.234. The summed E-state index contributed by atoms with van der Waals surface area (Å²) in [5, 5.41) is 4.27. The molecule has 2 aliphatic heterocycles. The number of nitrogens with zero attached hydrogens (tertiary/aromatic N) is 5. The molecule has 1 amide bonds. The number of hydrogen-bond donors (Lipinski definition) is 1. The van der Waals surface area contributed by atoms with Crippen molar-refractivity contribution in [3.8, 4) is 11.5 Å². The Morgan fingerprint density at radius 1 is 0.977 bits per heavy atom. The van der Waals surface area contributed by atoms with Gasteiger partial charge >= 0.3 is 0 Å². The molecule has 0 aliphatic carbocycles. The first kappa shape index (κ1) is 29.7. The van der Waals surface area contributed by atoms with Crippen LogP contribution in [0.15, 0.2) is 91.1 Å². The van der Waals surface area contributed by atoms with Crippen LogP contribution in [0.4, 0.5) is 11.5 Å². The van der Waals surface area contributed by atoms with Gasteiger partial charge in [0.05, 0.1) is 12.6 Å². The van der Waals surface area contributed by atoms with Crippen molar-refractivity contribution in [3.05, 3.63) is 113 Å². The van der Waals surface area contributed by atoms with Gasteiger partial charge in [-0.3, -0.25) is 9.69 Å². The van der Waals surface area contributed by atoms with E-state index in [1.165, 1.54) is 5.56 Å². The molecule has 1 unspecified atom stereocenters. The van der Waals surface area contributed by atoms with Gasteiger partial charge < -0.3 is 19.9 Å². The Labute approximate surface area is 263 Å². The maximum atomic E-state index is 13.4. The van der Waals surface area contributed by atoms with Gasteiger partial charge in [-0.2, -0.15) is 0 Å². The lowest BCUT2D eigenvalue weighted by atomic mass is 10.00. The summed E-state index contributed by atoms with van der Waals surface area (Å²) in [6.45, 7) is 7.02. The second-order valence-electron chi connectivity index (χ2n) is 11.2. The topological polar surface area (TPSA) is 73.8 Å². The van der Waals surface area contributed by atoms with Crippen molar-refractivity contribution in [1.82, 2.24) is 19.8 Å². The highest BCUT2D eigenvalue weighted by Crippen LogP contribution is 2.35. The molecule has 0 radical (unpaired) electrons. The zero-order valence-electron chi connectivity index (χ0n) is 24.9. The molecule has 2 aliphatic rings. The number of carbonyl (C=O) groups excluding carboxylic acids is 1. The SMILES string of the molecule is Cc1ncc2c(n1)N(CC(=O)N1CCN(C/C=C/c3ccccc3)CC1)CCC2Nc1cccc(Oc2cccc(Cl)c2)c1. The molecule has 44 heavy (non-hydrogen) atoms. The number of ether oxygens (including phenoxy) is 1. The summed E-state index contributed by atoms with van der Waals surface area (Å²) in [7, 11) is 0. The first-order valence-electron chi connectivity index (χ1n) is 15.1. The van der Waals surface area contributed by atoms with Gasteiger partial charge in [0.2, 0.25) is 5.91 Å². The highest BCUT2D eigenvalue weighted by atomic mass is 35.5. The van der Waals surface area contributed by atoms with Crippen LogP contribution in [0.5, 0.6) is 11.5 Å². The number of carbonyl (C=O) groups is 1. The standard InChI is InChI=1S/C35H37ClN6O2/c1-26-37-24-32-33(39-29-12-6-14-31(23-29)44-30-13-5-11-28(36)22-30)15-17-42(35(32)38-26)25-34(43)41-20-18-40(19-21-41)16-7-10-27-8-3-2-4-9-27/h2-14,22-24,33,39H,15-21,25H2,1H3/b10-7+. The largest absolute Gasteiger partial charge is 0.457 e. The van der Waals surface area contributed by atoms with E-state index in [-0.39, 0.29) is 11.9 Å². The number of anilines is 2. The molecular formula is C35H37ClN6O2. The number of rotatable bonds is 9. The van der Waals surface area contributed by atoms with Gasteiger partial charge in [0.25, 0.3) is 0 Å².